The lowest BCUT2D eigenvalue weighted by atomic mass is 10.0. The average Bonchev–Trinajstić information content (AvgIpc) is 2.65. The molecule has 0 saturated heterocycles. The molecule has 0 spiro atoms. The summed E-state index contributed by atoms with van der Waals surface area (Å²) in [7, 11) is -1.84. The molecular weight excluding hydrogens is 364 g/mol. The first-order valence-electron chi connectivity index (χ1n) is 10.0. The Bertz CT molecular complexity index is 871. The van der Waals surface area contributed by atoms with Crippen molar-refractivity contribution in [3.63, 3.8) is 0 Å². The second-order valence-corrected chi connectivity index (χ2v) is 14.0. The van der Waals surface area contributed by atoms with Gasteiger partial charge in [0.1, 0.15) is 0 Å². The topological polar surface area (TPSA) is 55.6 Å². The molecule has 0 atom stereocenters. The molecule has 0 unspecified atom stereocenters. The lowest BCUT2D eigenvalue weighted by molar-refractivity contribution is 0.0985. The maximum absolute atomic E-state index is 13.1. The van der Waals surface area contributed by atoms with Gasteiger partial charge < -0.3 is 15.1 Å². The smallest absolute Gasteiger partial charge is 0.258 e. The van der Waals surface area contributed by atoms with E-state index in [9.17, 15) is 4.79 Å². The molecule has 0 radical (unpaired) electrons. The van der Waals surface area contributed by atoms with E-state index in [2.05, 4.69) is 39.9 Å². The molecule has 3 rings (SSSR count). The molecule has 0 aromatic heterocycles. The molecule has 5 heteroatoms. The third kappa shape index (κ3) is 4.15. The van der Waals surface area contributed by atoms with Gasteiger partial charge in [0, 0.05) is 23.5 Å². The van der Waals surface area contributed by atoms with Gasteiger partial charge in [0.15, 0.2) is 8.32 Å². The molecule has 28 heavy (non-hydrogen) atoms. The van der Waals surface area contributed by atoms with Crippen LogP contribution < -0.4 is 10.6 Å². The molecule has 0 aliphatic carbocycles. The number of carbonyl (C=O) groups is 1. The summed E-state index contributed by atoms with van der Waals surface area (Å²) in [5.74, 6) is 0.00992. The average molecular weight is 397 g/mol. The Morgan fingerprint density at radius 2 is 1.89 bits per heavy atom. The van der Waals surface area contributed by atoms with Gasteiger partial charge in [-0.05, 0) is 60.3 Å². The maximum atomic E-state index is 13.1. The van der Waals surface area contributed by atoms with E-state index in [1.54, 1.807) is 6.07 Å². The lowest BCUT2D eigenvalue weighted by Gasteiger charge is -2.36. The van der Waals surface area contributed by atoms with E-state index in [1.165, 1.54) is 5.56 Å². The van der Waals surface area contributed by atoms with E-state index in [-0.39, 0.29) is 10.9 Å². The van der Waals surface area contributed by atoms with Crippen molar-refractivity contribution in [2.24, 2.45) is 0 Å². The van der Waals surface area contributed by atoms with Gasteiger partial charge in [-0.3, -0.25) is 4.79 Å². The summed E-state index contributed by atoms with van der Waals surface area (Å²) < 4.78 is 6.29. The number of amides is 1. The Kier molecular flexibility index (Phi) is 5.68. The van der Waals surface area contributed by atoms with Crippen molar-refractivity contribution in [3.05, 3.63) is 59.2 Å². The number of fused-ring (bicyclic) bond motifs is 1. The number of nitrogen functional groups attached to an aromatic ring is 1. The maximum Gasteiger partial charge on any atom is 0.258 e. The highest BCUT2D eigenvalue weighted by atomic mass is 28.4. The zero-order valence-electron chi connectivity index (χ0n) is 17.7. The van der Waals surface area contributed by atoms with Crippen molar-refractivity contribution in [1.29, 1.82) is 0 Å². The summed E-state index contributed by atoms with van der Waals surface area (Å²) in [4.78, 5) is 15.0. The zero-order valence-corrected chi connectivity index (χ0v) is 18.7. The van der Waals surface area contributed by atoms with Gasteiger partial charge in [0.05, 0.1) is 6.61 Å². The molecule has 1 heterocycles. The number of nitrogens with zero attached hydrogens (tertiary/aromatic N) is 1. The van der Waals surface area contributed by atoms with Gasteiger partial charge in [-0.2, -0.15) is 0 Å². The molecule has 150 valence electrons. The lowest BCUT2D eigenvalue weighted by Crippen LogP contribution is -2.40. The molecule has 4 nitrogen and oxygen atoms in total. The number of carbonyl (C=O) groups excluding carboxylic acids is 1. The summed E-state index contributed by atoms with van der Waals surface area (Å²) in [6.07, 6.45) is 2.00. The Labute approximate surface area is 169 Å². The number of para-hydroxylation sites is 1. The first kappa shape index (κ1) is 20.6. The molecule has 0 fully saturated rings. The SMILES string of the molecule is CC(C)(C)[Si](C)(C)OCc1ccc(C(=O)N2CCCc3ccccc32)cc1N. The number of hydrogen-bond acceptors (Lipinski definition) is 3. The van der Waals surface area contributed by atoms with E-state index < -0.39 is 8.32 Å². The number of aryl methyl sites for hydroxylation is 1. The molecule has 2 N–H and O–H groups in total. The van der Waals surface area contributed by atoms with Gasteiger partial charge in [-0.25, -0.2) is 0 Å². The van der Waals surface area contributed by atoms with Crippen LogP contribution in [0.5, 0.6) is 0 Å². The van der Waals surface area contributed by atoms with Crippen LogP contribution in [-0.4, -0.2) is 20.8 Å². The summed E-state index contributed by atoms with van der Waals surface area (Å²) in [6, 6.07) is 13.7. The van der Waals surface area contributed by atoms with Gasteiger partial charge in [0.2, 0.25) is 0 Å². The second-order valence-electron chi connectivity index (χ2n) is 9.15. The number of benzene rings is 2. The third-order valence-electron chi connectivity index (χ3n) is 6.14. The highest BCUT2D eigenvalue weighted by Crippen LogP contribution is 2.37. The van der Waals surface area contributed by atoms with E-state index in [1.807, 2.05) is 35.2 Å². The second kappa shape index (κ2) is 7.72. The predicted octanol–water partition coefficient (Wildman–Crippen LogP) is 5.38. The Balaban J connectivity index is 1.77. The van der Waals surface area contributed by atoms with Crippen molar-refractivity contribution in [1.82, 2.24) is 0 Å². The molecule has 1 aliphatic rings. The molecule has 0 bridgehead atoms. The molecule has 1 aliphatic heterocycles. The number of nitrogens with two attached hydrogens (primary N) is 1. The van der Waals surface area contributed by atoms with Crippen LogP contribution in [0.4, 0.5) is 11.4 Å². The molecule has 0 saturated carbocycles. The highest BCUT2D eigenvalue weighted by Gasteiger charge is 2.37. The summed E-state index contributed by atoms with van der Waals surface area (Å²) in [5, 5.41) is 0.152. The normalized spacial score (nSPS) is 14.7. The molecule has 2 aromatic rings. The van der Waals surface area contributed by atoms with Crippen molar-refractivity contribution in [3.8, 4) is 0 Å². The Morgan fingerprint density at radius 1 is 1.18 bits per heavy atom. The van der Waals surface area contributed by atoms with Gasteiger partial charge in [-0.15, -0.1) is 0 Å². The fraction of sp³-hybridized carbons (Fsp3) is 0.435. The monoisotopic (exact) mass is 396 g/mol. The number of rotatable bonds is 4. The fourth-order valence-electron chi connectivity index (χ4n) is 3.23. The quantitative estimate of drug-likeness (QED) is 0.557. The van der Waals surface area contributed by atoms with Crippen molar-refractivity contribution in [2.45, 2.75) is 58.4 Å². The van der Waals surface area contributed by atoms with E-state index >= 15 is 0 Å². The van der Waals surface area contributed by atoms with Crippen LogP contribution in [0.15, 0.2) is 42.5 Å². The van der Waals surface area contributed by atoms with Crippen LogP contribution >= 0.6 is 0 Å². The number of anilines is 2. The molecule has 2 aromatic carbocycles. The third-order valence-corrected chi connectivity index (χ3v) is 10.6. The van der Waals surface area contributed by atoms with Crippen LogP contribution in [0.3, 0.4) is 0 Å². The zero-order chi connectivity index (χ0) is 20.5. The van der Waals surface area contributed by atoms with Crippen LogP contribution in [0.25, 0.3) is 0 Å². The number of hydrogen-bond donors (Lipinski definition) is 1. The fourth-order valence-corrected chi connectivity index (χ4v) is 4.18. The van der Waals surface area contributed by atoms with Crippen LogP contribution in [0.2, 0.25) is 18.1 Å². The minimum absolute atomic E-state index is 0.00992. The predicted molar refractivity (Wildman–Crippen MR) is 119 cm³/mol. The minimum Gasteiger partial charge on any atom is -0.412 e. The van der Waals surface area contributed by atoms with Crippen molar-refractivity contribution >= 4 is 25.6 Å². The summed E-state index contributed by atoms with van der Waals surface area (Å²) in [5.41, 5.74) is 10.7. The Morgan fingerprint density at radius 3 is 2.57 bits per heavy atom. The largest absolute Gasteiger partial charge is 0.412 e. The van der Waals surface area contributed by atoms with Gasteiger partial charge in [0.25, 0.3) is 5.91 Å². The first-order chi connectivity index (χ1) is 13.1. The van der Waals surface area contributed by atoms with Gasteiger partial charge in [-0.1, -0.05) is 45.0 Å². The highest BCUT2D eigenvalue weighted by molar-refractivity contribution is 6.74. The van der Waals surface area contributed by atoms with E-state index in [0.29, 0.717) is 17.9 Å². The summed E-state index contributed by atoms with van der Waals surface area (Å²) in [6.45, 7) is 12.4. The van der Waals surface area contributed by atoms with Crippen molar-refractivity contribution in [2.75, 3.05) is 17.2 Å². The van der Waals surface area contributed by atoms with E-state index in [4.69, 9.17) is 10.2 Å². The standard InChI is InChI=1S/C23H32N2O2Si/c1-23(2,3)28(4,5)27-16-19-13-12-18(15-20(19)24)22(26)25-14-8-10-17-9-6-7-11-21(17)25/h6-7,9,11-13,15H,8,10,14,16,24H2,1-5H3. The van der Waals surface area contributed by atoms with E-state index in [0.717, 1.165) is 30.6 Å². The summed E-state index contributed by atoms with van der Waals surface area (Å²) >= 11 is 0. The van der Waals surface area contributed by atoms with Crippen molar-refractivity contribution < 1.29 is 9.22 Å². The Hall–Kier alpha value is -2.11. The molecular formula is C23H32N2O2Si. The molecule has 1 amide bonds. The van der Waals surface area contributed by atoms with Gasteiger partial charge >= 0.3 is 0 Å². The minimum atomic E-state index is -1.84. The van der Waals surface area contributed by atoms with Crippen LogP contribution in [0.1, 0.15) is 48.7 Å². The van der Waals surface area contributed by atoms with Crippen LogP contribution in [-0.2, 0) is 17.5 Å². The van der Waals surface area contributed by atoms with Crippen LogP contribution in [0, 0.1) is 0 Å². The first-order valence-corrected chi connectivity index (χ1v) is 12.9.